The molecule has 0 saturated carbocycles. The van der Waals surface area contributed by atoms with Crippen molar-refractivity contribution < 1.29 is 48.3 Å². The lowest BCUT2D eigenvalue weighted by atomic mass is 10.1. The monoisotopic (exact) mass is 1070 g/mol. The van der Waals surface area contributed by atoms with E-state index < -0.39 is 96.0 Å². The predicted octanol–water partition coefficient (Wildman–Crippen LogP) is -5.58. The van der Waals surface area contributed by atoms with Crippen molar-refractivity contribution in [2.45, 2.75) is 140 Å². The number of hydrogen-bond donors (Lipinski definition) is 17. The molecule has 29 heteroatoms. The Balaban J connectivity index is 2.39. The SMILES string of the molecule is C[C@H](NC(=O)C[C@@H](O)CN)C(=O)NCC(=O)/N=C(\CCCN)C(=O)N1CCC[C@H]1C(=O)N[C@@H](Cc1cnc[nH]1)C(=O)N[C@@H](CCCCN)C(=O)N/C(=C\CCNC(=N)N)C(=O)N[C@@H](CCCCN)C(=O)NCCCCN. The molecule has 0 aromatic carbocycles. The van der Waals surface area contributed by atoms with Gasteiger partial charge in [-0.25, -0.2) is 9.98 Å². The number of unbranched alkanes of at least 4 members (excludes halogenated alkanes) is 3. The molecule has 0 aliphatic carbocycles. The molecular formula is C47H83N19O10. The lowest BCUT2D eigenvalue weighted by Crippen LogP contribution is -2.57. The second-order valence-corrected chi connectivity index (χ2v) is 18.1. The number of aliphatic imine (C=N–C) groups is 1. The highest BCUT2D eigenvalue weighted by Gasteiger charge is 2.38. The lowest BCUT2D eigenvalue weighted by molar-refractivity contribution is -0.136. The van der Waals surface area contributed by atoms with E-state index in [0.717, 1.165) is 0 Å². The second kappa shape index (κ2) is 36.9. The first kappa shape index (κ1) is 65.2. The summed E-state index contributed by atoms with van der Waals surface area (Å²) in [5.41, 5.74) is 33.6. The van der Waals surface area contributed by atoms with Crippen LogP contribution >= 0.6 is 0 Å². The summed E-state index contributed by atoms with van der Waals surface area (Å²) in [5.74, 6) is -6.95. The summed E-state index contributed by atoms with van der Waals surface area (Å²) >= 11 is 0. The molecular weight excluding hydrogens is 991 g/mol. The fraction of sp³-hybridized carbons (Fsp3) is 0.660. The molecule has 1 fully saturated rings. The highest BCUT2D eigenvalue weighted by atomic mass is 16.3. The normalized spacial score (nSPS) is 15.5. The molecule has 76 heavy (non-hydrogen) atoms. The van der Waals surface area contributed by atoms with E-state index in [1.165, 1.54) is 30.4 Å². The minimum Gasteiger partial charge on any atom is -0.391 e. The van der Waals surface area contributed by atoms with Crippen LogP contribution in [0.1, 0.15) is 103 Å². The van der Waals surface area contributed by atoms with E-state index in [1.54, 1.807) is 0 Å². The molecule has 0 bridgehead atoms. The van der Waals surface area contributed by atoms with Gasteiger partial charge in [0.05, 0.1) is 25.4 Å². The Morgan fingerprint density at radius 1 is 0.803 bits per heavy atom. The molecule has 426 valence electrons. The minimum atomic E-state index is -1.36. The maximum absolute atomic E-state index is 14.4. The number of nitrogens with one attached hydrogen (secondary N) is 10. The van der Waals surface area contributed by atoms with Crippen molar-refractivity contribution in [1.29, 1.82) is 5.41 Å². The number of likely N-dealkylation sites (tertiary alicyclic amines) is 1. The molecule has 23 N–H and O–H groups in total. The van der Waals surface area contributed by atoms with Gasteiger partial charge < -0.3 is 91.9 Å². The predicted molar refractivity (Wildman–Crippen MR) is 282 cm³/mol. The quantitative estimate of drug-likeness (QED) is 0.0128. The van der Waals surface area contributed by atoms with Crippen molar-refractivity contribution in [2.75, 3.05) is 58.9 Å². The van der Waals surface area contributed by atoms with Gasteiger partial charge in [-0.15, -0.1) is 0 Å². The van der Waals surface area contributed by atoms with Gasteiger partial charge in [-0.1, -0.05) is 6.08 Å². The van der Waals surface area contributed by atoms with Gasteiger partial charge in [0.15, 0.2) is 5.96 Å². The van der Waals surface area contributed by atoms with Crippen molar-refractivity contribution >= 4 is 64.8 Å². The fourth-order valence-electron chi connectivity index (χ4n) is 7.67. The molecule has 0 radical (unpaired) electrons. The van der Waals surface area contributed by atoms with Crippen molar-refractivity contribution in [2.24, 2.45) is 39.4 Å². The van der Waals surface area contributed by atoms with E-state index in [4.69, 9.17) is 39.8 Å². The summed E-state index contributed by atoms with van der Waals surface area (Å²) in [4.78, 5) is 134. The number of carbonyl (C=O) groups excluding carboxylic acids is 9. The first-order chi connectivity index (χ1) is 36.4. The van der Waals surface area contributed by atoms with Crippen molar-refractivity contribution in [1.82, 2.24) is 57.4 Å². The Morgan fingerprint density at radius 2 is 1.46 bits per heavy atom. The van der Waals surface area contributed by atoms with Crippen LogP contribution in [0.4, 0.5) is 0 Å². The number of aliphatic hydroxyl groups is 1. The topological polar surface area (TPSA) is 494 Å². The average Bonchev–Trinajstić information content (AvgIpc) is 4.11. The first-order valence-corrected chi connectivity index (χ1v) is 25.8. The minimum absolute atomic E-state index is 0.0429. The zero-order chi connectivity index (χ0) is 56.4. The Labute approximate surface area is 442 Å². The molecule has 0 unspecified atom stereocenters. The van der Waals surface area contributed by atoms with E-state index >= 15 is 0 Å². The van der Waals surface area contributed by atoms with Crippen molar-refractivity contribution in [3.8, 4) is 0 Å². The van der Waals surface area contributed by atoms with Crippen LogP contribution in [0.5, 0.6) is 0 Å². The Morgan fingerprint density at radius 3 is 2.08 bits per heavy atom. The molecule has 1 aromatic rings. The van der Waals surface area contributed by atoms with Crippen molar-refractivity contribution in [3.05, 3.63) is 30.0 Å². The summed E-state index contributed by atoms with van der Waals surface area (Å²) in [6.45, 7) is 2.27. The molecule has 2 heterocycles. The maximum atomic E-state index is 14.4. The van der Waals surface area contributed by atoms with Gasteiger partial charge >= 0.3 is 0 Å². The number of aromatic nitrogens is 2. The number of imidazole rings is 1. The number of H-pyrrole nitrogens is 1. The summed E-state index contributed by atoms with van der Waals surface area (Å²) in [7, 11) is 0. The molecule has 9 amide bonds. The van der Waals surface area contributed by atoms with Crippen LogP contribution in [0.15, 0.2) is 29.3 Å². The van der Waals surface area contributed by atoms with Gasteiger partial charge in [0, 0.05) is 44.5 Å². The Kier molecular flexibility index (Phi) is 31.7. The van der Waals surface area contributed by atoms with E-state index in [1.807, 2.05) is 0 Å². The fourth-order valence-corrected chi connectivity index (χ4v) is 7.67. The Hall–Kier alpha value is -6.92. The molecule has 6 atom stereocenters. The van der Waals surface area contributed by atoms with Gasteiger partial charge in [0.1, 0.15) is 41.6 Å². The molecule has 29 nitrogen and oxygen atoms in total. The number of hydrogen-bond acceptors (Lipinski definition) is 17. The van der Waals surface area contributed by atoms with Crippen LogP contribution in [-0.4, -0.2) is 180 Å². The number of nitrogens with two attached hydrogens (primary N) is 6. The van der Waals surface area contributed by atoms with Gasteiger partial charge in [-0.3, -0.25) is 48.6 Å². The standard InChI is InChI=1S/C47H83N19O10/c1-29(60-38(68)24-31(67)25-52)40(70)58-27-39(69)61-35(13-8-19-51)46(76)66-22-10-15-37(66)45(75)65-36(23-30-26-55-28-59-30)44(74)64-33(12-3-5-17-49)42(72)63-34(14-9-21-57-47(53)54)43(73)62-32(11-2-4-16-48)41(71)56-20-7-6-18-50/h14,26,28-29,31-33,36-37,67H,2-13,15-25,27,48-52H2,1H3,(H,55,59)(H,56,71)(H,58,70)(H,60,68)(H,62,73)(H,63,72)(H,64,74)(H,65,75)(H4,53,54,57)/b34-14-,61-35+/t29-,31+,32-,33-,36-,37-/m0/s1. The van der Waals surface area contributed by atoms with Gasteiger partial charge in [-0.05, 0) is 117 Å². The highest BCUT2D eigenvalue weighted by molar-refractivity contribution is 6.40. The van der Waals surface area contributed by atoms with Crippen LogP contribution in [-0.2, 0) is 49.6 Å². The molecule has 1 aliphatic rings. The van der Waals surface area contributed by atoms with E-state index in [2.05, 4.69) is 57.5 Å². The summed E-state index contributed by atoms with van der Waals surface area (Å²) in [6, 6.07) is -5.89. The zero-order valence-electron chi connectivity index (χ0n) is 43.6. The van der Waals surface area contributed by atoms with Crippen LogP contribution in [0.2, 0.25) is 0 Å². The molecule has 2 rings (SSSR count). The number of aromatic amines is 1. The first-order valence-electron chi connectivity index (χ1n) is 25.8. The van der Waals surface area contributed by atoms with Crippen LogP contribution in [0.3, 0.4) is 0 Å². The van der Waals surface area contributed by atoms with Crippen LogP contribution in [0, 0.1) is 5.41 Å². The smallest absolute Gasteiger partial charge is 0.269 e. The van der Waals surface area contributed by atoms with E-state index in [-0.39, 0.29) is 101 Å². The molecule has 1 saturated heterocycles. The number of carbonyl (C=O) groups is 9. The zero-order valence-corrected chi connectivity index (χ0v) is 43.6. The third-order valence-corrected chi connectivity index (χ3v) is 11.8. The molecule has 1 aromatic heterocycles. The van der Waals surface area contributed by atoms with Gasteiger partial charge in [0.2, 0.25) is 35.4 Å². The lowest BCUT2D eigenvalue weighted by Gasteiger charge is -2.28. The van der Waals surface area contributed by atoms with Crippen LogP contribution < -0.4 is 76.9 Å². The number of rotatable bonds is 37. The molecule has 1 aliphatic heterocycles. The largest absolute Gasteiger partial charge is 0.391 e. The number of guanidine groups is 1. The third kappa shape index (κ3) is 25.1. The van der Waals surface area contributed by atoms with E-state index in [0.29, 0.717) is 70.3 Å². The summed E-state index contributed by atoms with van der Waals surface area (Å²) < 4.78 is 0. The highest BCUT2D eigenvalue weighted by Crippen LogP contribution is 2.20. The Bertz CT molecular complexity index is 2110. The maximum Gasteiger partial charge on any atom is 0.269 e. The third-order valence-electron chi connectivity index (χ3n) is 11.8. The van der Waals surface area contributed by atoms with E-state index in [9.17, 15) is 48.3 Å². The second-order valence-electron chi connectivity index (χ2n) is 18.1. The average molecular weight is 1070 g/mol. The van der Waals surface area contributed by atoms with Crippen molar-refractivity contribution in [3.63, 3.8) is 0 Å². The van der Waals surface area contributed by atoms with Crippen LogP contribution in [0.25, 0.3) is 0 Å². The van der Waals surface area contributed by atoms with Gasteiger partial charge in [0.25, 0.3) is 17.7 Å². The number of aliphatic hydroxyl groups excluding tert-OH is 1. The number of nitrogens with zero attached hydrogens (tertiary/aromatic N) is 3. The summed E-state index contributed by atoms with van der Waals surface area (Å²) in [5, 5.41) is 38.1. The summed E-state index contributed by atoms with van der Waals surface area (Å²) in [6.07, 6.45) is 6.92. The number of amides is 9. The molecule has 0 spiro atoms. The van der Waals surface area contributed by atoms with Gasteiger partial charge in [-0.2, -0.15) is 0 Å².